The molecule has 5 nitrogen and oxygen atoms in total. The van der Waals surface area contributed by atoms with Crippen molar-refractivity contribution in [3.8, 4) is 5.69 Å². The predicted molar refractivity (Wildman–Crippen MR) is 80.0 cm³/mol. The molecule has 3 aromatic rings. The molecule has 0 aliphatic heterocycles. The largest absolute Gasteiger partial charge is 0.464 e. The second kappa shape index (κ2) is 5.18. The molecule has 3 rings (SSSR count). The van der Waals surface area contributed by atoms with Crippen LogP contribution < -0.4 is 0 Å². The van der Waals surface area contributed by atoms with Crippen LogP contribution in [0, 0.1) is 6.92 Å². The molecule has 0 fully saturated rings. The highest BCUT2D eigenvalue weighted by Crippen LogP contribution is 2.23. The van der Waals surface area contributed by atoms with E-state index in [4.69, 9.17) is 16.3 Å². The summed E-state index contributed by atoms with van der Waals surface area (Å²) in [6.45, 7) is 1.98. The van der Waals surface area contributed by atoms with Gasteiger partial charge in [0.05, 0.1) is 18.2 Å². The molecular weight excluding hydrogens is 290 g/mol. The molecule has 0 atom stereocenters. The lowest BCUT2D eigenvalue weighted by atomic mass is 10.2. The van der Waals surface area contributed by atoms with Gasteiger partial charge < -0.3 is 4.74 Å². The molecule has 0 radical (unpaired) electrons. The zero-order valence-corrected chi connectivity index (χ0v) is 12.3. The van der Waals surface area contributed by atoms with Crippen molar-refractivity contribution in [2.75, 3.05) is 7.11 Å². The first-order valence-corrected chi connectivity index (χ1v) is 6.68. The first kappa shape index (κ1) is 13.6. The molecule has 6 heteroatoms. The number of hydrogen-bond donors (Lipinski definition) is 0. The minimum absolute atomic E-state index is 0.221. The third-order valence-corrected chi connectivity index (χ3v) is 3.33. The first-order chi connectivity index (χ1) is 10.1. The summed E-state index contributed by atoms with van der Waals surface area (Å²) < 4.78 is 6.37. The summed E-state index contributed by atoms with van der Waals surface area (Å²) in [5.74, 6) is -0.504. The number of ether oxygens (including phenoxy) is 1. The van der Waals surface area contributed by atoms with Crippen LogP contribution in [0.2, 0.25) is 5.15 Å². The predicted octanol–water partition coefficient (Wildman–Crippen LogP) is 3.17. The highest BCUT2D eigenvalue weighted by Gasteiger charge is 2.19. The van der Waals surface area contributed by atoms with E-state index in [0.29, 0.717) is 16.2 Å². The van der Waals surface area contributed by atoms with E-state index in [1.807, 2.05) is 31.2 Å². The molecule has 106 valence electrons. The van der Waals surface area contributed by atoms with Gasteiger partial charge in [-0.2, -0.15) is 5.10 Å². The molecule has 21 heavy (non-hydrogen) atoms. The zero-order chi connectivity index (χ0) is 15.0. The monoisotopic (exact) mass is 301 g/mol. The quantitative estimate of drug-likeness (QED) is 0.539. The molecule has 0 aliphatic rings. The number of benzene rings is 1. The Morgan fingerprint density at radius 2 is 2.10 bits per heavy atom. The Hall–Kier alpha value is -2.40. The van der Waals surface area contributed by atoms with Crippen molar-refractivity contribution < 1.29 is 9.53 Å². The number of fused-ring (bicyclic) bond motifs is 1. The molecule has 0 unspecified atom stereocenters. The molecule has 1 aromatic carbocycles. The molecule has 2 aromatic heterocycles. The summed E-state index contributed by atoms with van der Waals surface area (Å²) in [6, 6.07) is 11.1. The van der Waals surface area contributed by atoms with Gasteiger partial charge in [-0.3, -0.25) is 0 Å². The number of nitrogens with zero attached hydrogens (tertiary/aromatic N) is 3. The summed E-state index contributed by atoms with van der Waals surface area (Å²) in [6.07, 6.45) is 0. The molecule has 0 spiro atoms. The van der Waals surface area contributed by atoms with Crippen molar-refractivity contribution >= 4 is 28.6 Å². The molecule has 2 heterocycles. The topological polar surface area (TPSA) is 57.0 Å². The summed E-state index contributed by atoms with van der Waals surface area (Å²) in [4.78, 5) is 16.1. The Kier molecular flexibility index (Phi) is 3.35. The molecule has 0 saturated carbocycles. The van der Waals surface area contributed by atoms with E-state index in [0.717, 1.165) is 11.3 Å². The molecule has 0 amide bonds. The average Bonchev–Trinajstić information content (AvgIpc) is 2.85. The van der Waals surface area contributed by atoms with Gasteiger partial charge in [-0.25, -0.2) is 14.5 Å². The Bertz CT molecular complexity index is 842. The van der Waals surface area contributed by atoms with E-state index in [1.54, 1.807) is 16.8 Å². The fourth-order valence-electron chi connectivity index (χ4n) is 2.16. The van der Waals surface area contributed by atoms with E-state index in [-0.39, 0.29) is 5.69 Å². The van der Waals surface area contributed by atoms with Crippen LogP contribution in [0.3, 0.4) is 0 Å². The number of aromatic nitrogens is 3. The number of halogens is 1. The lowest BCUT2D eigenvalue weighted by Gasteiger charge is -2.03. The zero-order valence-electron chi connectivity index (χ0n) is 11.5. The fourth-order valence-corrected chi connectivity index (χ4v) is 2.30. The third kappa shape index (κ3) is 2.36. The van der Waals surface area contributed by atoms with E-state index < -0.39 is 5.97 Å². The molecule has 0 bridgehead atoms. The number of carbonyl (C=O) groups excluding carboxylic acids is 1. The third-order valence-electron chi connectivity index (χ3n) is 3.12. The maximum absolute atomic E-state index is 11.9. The number of pyridine rings is 1. The van der Waals surface area contributed by atoms with Crippen molar-refractivity contribution in [3.63, 3.8) is 0 Å². The van der Waals surface area contributed by atoms with Crippen molar-refractivity contribution in [2.24, 2.45) is 0 Å². The number of hydrogen-bond acceptors (Lipinski definition) is 4. The SMILES string of the molecule is COC(=O)c1nn(-c2cccc(C)c2)c2nc(Cl)ccc12. The Morgan fingerprint density at radius 1 is 1.29 bits per heavy atom. The summed E-state index contributed by atoms with van der Waals surface area (Å²) in [7, 11) is 1.32. The molecular formula is C15H12ClN3O2. The van der Waals surface area contributed by atoms with Gasteiger partial charge in [-0.15, -0.1) is 0 Å². The van der Waals surface area contributed by atoms with Gasteiger partial charge in [0, 0.05) is 0 Å². The van der Waals surface area contributed by atoms with Crippen LogP contribution >= 0.6 is 11.6 Å². The Labute approximate surface area is 126 Å². The van der Waals surface area contributed by atoms with Gasteiger partial charge in [0.15, 0.2) is 11.3 Å². The lowest BCUT2D eigenvalue weighted by molar-refractivity contribution is 0.0595. The number of carbonyl (C=O) groups is 1. The van der Waals surface area contributed by atoms with Gasteiger partial charge >= 0.3 is 5.97 Å². The number of esters is 1. The number of aryl methyl sites for hydroxylation is 1. The summed E-state index contributed by atoms with van der Waals surface area (Å²) >= 11 is 5.96. The Balaban J connectivity index is 2.32. The minimum atomic E-state index is -0.504. The van der Waals surface area contributed by atoms with Crippen molar-refractivity contribution in [2.45, 2.75) is 6.92 Å². The van der Waals surface area contributed by atoms with Crippen LogP contribution in [0.15, 0.2) is 36.4 Å². The highest BCUT2D eigenvalue weighted by atomic mass is 35.5. The van der Waals surface area contributed by atoms with Crippen LogP contribution in [-0.4, -0.2) is 27.8 Å². The van der Waals surface area contributed by atoms with E-state index in [2.05, 4.69) is 10.1 Å². The normalized spacial score (nSPS) is 10.8. The average molecular weight is 302 g/mol. The molecule has 0 saturated heterocycles. The smallest absolute Gasteiger partial charge is 0.359 e. The lowest BCUT2D eigenvalue weighted by Crippen LogP contribution is -2.04. The molecule has 0 aliphatic carbocycles. The summed E-state index contributed by atoms with van der Waals surface area (Å²) in [5, 5.41) is 5.28. The number of rotatable bonds is 2. The van der Waals surface area contributed by atoms with Crippen LogP contribution in [0.1, 0.15) is 16.1 Å². The maximum Gasteiger partial charge on any atom is 0.359 e. The standard InChI is InChI=1S/C15H12ClN3O2/c1-9-4-3-5-10(8-9)19-14-11(6-7-12(16)17-14)13(18-19)15(20)21-2/h3-8H,1-2H3. The van der Waals surface area contributed by atoms with Gasteiger partial charge in [0.1, 0.15) is 5.15 Å². The van der Waals surface area contributed by atoms with Crippen LogP contribution in [-0.2, 0) is 4.74 Å². The first-order valence-electron chi connectivity index (χ1n) is 6.31. The van der Waals surface area contributed by atoms with Crippen molar-refractivity contribution in [1.82, 2.24) is 14.8 Å². The minimum Gasteiger partial charge on any atom is -0.464 e. The fraction of sp³-hybridized carbons (Fsp3) is 0.133. The van der Waals surface area contributed by atoms with E-state index in [1.165, 1.54) is 7.11 Å². The second-order valence-electron chi connectivity index (χ2n) is 4.60. The maximum atomic E-state index is 11.9. The van der Waals surface area contributed by atoms with E-state index in [9.17, 15) is 4.79 Å². The van der Waals surface area contributed by atoms with Crippen LogP contribution in [0.25, 0.3) is 16.7 Å². The van der Waals surface area contributed by atoms with Gasteiger partial charge in [0.25, 0.3) is 0 Å². The van der Waals surface area contributed by atoms with Crippen LogP contribution in [0.5, 0.6) is 0 Å². The van der Waals surface area contributed by atoms with E-state index >= 15 is 0 Å². The molecule has 0 N–H and O–H groups in total. The van der Waals surface area contributed by atoms with Gasteiger partial charge in [-0.05, 0) is 36.8 Å². The van der Waals surface area contributed by atoms with Gasteiger partial charge in [-0.1, -0.05) is 23.7 Å². The number of methoxy groups -OCH3 is 1. The summed E-state index contributed by atoms with van der Waals surface area (Å²) in [5.41, 5.74) is 2.63. The Morgan fingerprint density at radius 3 is 2.81 bits per heavy atom. The van der Waals surface area contributed by atoms with Crippen molar-refractivity contribution in [3.05, 3.63) is 52.8 Å². The van der Waals surface area contributed by atoms with Gasteiger partial charge in [0.2, 0.25) is 0 Å². The van der Waals surface area contributed by atoms with Crippen molar-refractivity contribution in [1.29, 1.82) is 0 Å². The van der Waals surface area contributed by atoms with Crippen LogP contribution in [0.4, 0.5) is 0 Å². The second-order valence-corrected chi connectivity index (χ2v) is 4.98. The highest BCUT2D eigenvalue weighted by molar-refractivity contribution is 6.29.